The topological polar surface area (TPSA) is 77.1 Å². The first-order chi connectivity index (χ1) is 14.1. The molecular weight excluding hydrogens is 372 g/mol. The number of hydrogen-bond acceptors (Lipinski definition) is 5. The largest absolute Gasteiger partial charge is 0.496 e. The lowest BCUT2D eigenvalue weighted by Gasteiger charge is -2.32. The van der Waals surface area contributed by atoms with Gasteiger partial charge < -0.3 is 24.4 Å². The van der Waals surface area contributed by atoms with Crippen molar-refractivity contribution in [1.29, 1.82) is 0 Å². The van der Waals surface area contributed by atoms with Gasteiger partial charge in [-0.15, -0.1) is 0 Å². The van der Waals surface area contributed by atoms with Gasteiger partial charge in [0, 0.05) is 30.9 Å². The van der Waals surface area contributed by atoms with Crippen LogP contribution in [-0.2, 0) is 4.79 Å². The Bertz CT molecular complexity index is 869. The van der Waals surface area contributed by atoms with Crippen LogP contribution in [0.5, 0.6) is 17.2 Å². The van der Waals surface area contributed by atoms with Crippen LogP contribution in [0.15, 0.2) is 42.5 Å². The average molecular weight is 398 g/mol. The third-order valence-corrected chi connectivity index (χ3v) is 5.06. The molecule has 0 radical (unpaired) electrons. The fraction of sp³-hybridized carbons (Fsp3) is 0.364. The SMILES string of the molecule is COc1cc(OC)c(C(=O)N2CCCC(C(=O)Nc3ccccc3)C2)cc1OC. The standard InChI is InChI=1S/C22H26N2O5/c1-27-18-13-20(29-3)19(28-2)12-17(18)22(26)24-11-7-8-15(14-24)21(25)23-16-9-5-4-6-10-16/h4-6,9-10,12-13,15H,7-8,11,14H2,1-3H3,(H,23,25). The van der Waals surface area contributed by atoms with E-state index in [1.807, 2.05) is 30.3 Å². The van der Waals surface area contributed by atoms with E-state index in [-0.39, 0.29) is 17.7 Å². The van der Waals surface area contributed by atoms with E-state index < -0.39 is 0 Å². The number of likely N-dealkylation sites (tertiary alicyclic amines) is 1. The molecule has 0 saturated carbocycles. The molecule has 1 fully saturated rings. The molecule has 7 nitrogen and oxygen atoms in total. The Labute approximate surface area is 170 Å². The van der Waals surface area contributed by atoms with E-state index in [0.717, 1.165) is 18.5 Å². The fourth-order valence-corrected chi connectivity index (χ4v) is 3.51. The van der Waals surface area contributed by atoms with Gasteiger partial charge in [0.15, 0.2) is 11.5 Å². The number of piperidine rings is 1. The fourth-order valence-electron chi connectivity index (χ4n) is 3.51. The summed E-state index contributed by atoms with van der Waals surface area (Å²) < 4.78 is 16.0. The Hall–Kier alpha value is -3.22. The number of rotatable bonds is 6. The molecular formula is C22H26N2O5. The zero-order valence-corrected chi connectivity index (χ0v) is 16.9. The molecule has 0 spiro atoms. The van der Waals surface area contributed by atoms with Crippen molar-refractivity contribution < 1.29 is 23.8 Å². The van der Waals surface area contributed by atoms with Crippen LogP contribution in [-0.4, -0.2) is 51.1 Å². The number of carbonyl (C=O) groups excluding carboxylic acids is 2. The van der Waals surface area contributed by atoms with Gasteiger partial charge in [0.1, 0.15) is 5.75 Å². The molecule has 1 unspecified atom stereocenters. The zero-order valence-electron chi connectivity index (χ0n) is 16.9. The number of hydrogen-bond donors (Lipinski definition) is 1. The van der Waals surface area contributed by atoms with E-state index in [9.17, 15) is 9.59 Å². The van der Waals surface area contributed by atoms with Crippen molar-refractivity contribution in [2.75, 3.05) is 39.7 Å². The van der Waals surface area contributed by atoms with Gasteiger partial charge in [-0.1, -0.05) is 18.2 Å². The van der Waals surface area contributed by atoms with Crippen molar-refractivity contribution in [2.24, 2.45) is 5.92 Å². The van der Waals surface area contributed by atoms with Crippen LogP contribution < -0.4 is 19.5 Å². The highest BCUT2D eigenvalue weighted by Gasteiger charge is 2.31. The minimum Gasteiger partial charge on any atom is -0.496 e. The highest BCUT2D eigenvalue weighted by Crippen LogP contribution is 2.35. The monoisotopic (exact) mass is 398 g/mol. The Balaban J connectivity index is 1.76. The molecule has 2 aromatic carbocycles. The molecule has 2 amide bonds. The van der Waals surface area contributed by atoms with Crippen LogP contribution in [0.3, 0.4) is 0 Å². The van der Waals surface area contributed by atoms with Gasteiger partial charge in [0.2, 0.25) is 5.91 Å². The first kappa shape index (κ1) is 20.5. The second-order valence-electron chi connectivity index (χ2n) is 6.85. The van der Waals surface area contributed by atoms with E-state index in [0.29, 0.717) is 35.9 Å². The average Bonchev–Trinajstić information content (AvgIpc) is 2.78. The minimum absolute atomic E-state index is 0.0759. The number of nitrogens with one attached hydrogen (secondary N) is 1. The summed E-state index contributed by atoms with van der Waals surface area (Å²) in [5.41, 5.74) is 1.14. The molecule has 0 bridgehead atoms. The summed E-state index contributed by atoms with van der Waals surface area (Å²) in [6.07, 6.45) is 1.50. The quantitative estimate of drug-likeness (QED) is 0.809. The number of carbonyl (C=O) groups is 2. The summed E-state index contributed by atoms with van der Waals surface area (Å²) in [5.74, 6) is 0.808. The van der Waals surface area contributed by atoms with Crippen LogP contribution in [0.1, 0.15) is 23.2 Å². The Morgan fingerprint density at radius 3 is 2.28 bits per heavy atom. The summed E-state index contributed by atoms with van der Waals surface area (Å²) in [6.45, 7) is 0.945. The Morgan fingerprint density at radius 2 is 1.62 bits per heavy atom. The smallest absolute Gasteiger partial charge is 0.257 e. The zero-order chi connectivity index (χ0) is 20.8. The van der Waals surface area contributed by atoms with Crippen LogP contribution in [0.4, 0.5) is 5.69 Å². The Kier molecular flexibility index (Phi) is 6.59. The Morgan fingerprint density at radius 1 is 0.966 bits per heavy atom. The van der Waals surface area contributed by atoms with Crippen LogP contribution in [0.25, 0.3) is 0 Å². The first-order valence-corrected chi connectivity index (χ1v) is 9.52. The summed E-state index contributed by atoms with van der Waals surface area (Å²) in [6, 6.07) is 12.6. The molecule has 3 rings (SSSR count). The summed E-state index contributed by atoms with van der Waals surface area (Å²) in [5, 5.41) is 2.93. The number of benzene rings is 2. The highest BCUT2D eigenvalue weighted by molar-refractivity contribution is 5.99. The predicted molar refractivity (Wildman–Crippen MR) is 110 cm³/mol. The maximum absolute atomic E-state index is 13.2. The molecule has 29 heavy (non-hydrogen) atoms. The van der Waals surface area contributed by atoms with Gasteiger partial charge >= 0.3 is 0 Å². The number of methoxy groups -OCH3 is 3. The molecule has 1 N–H and O–H groups in total. The molecule has 1 aliphatic heterocycles. The van der Waals surface area contributed by atoms with Crippen LogP contribution in [0, 0.1) is 5.92 Å². The number of ether oxygens (including phenoxy) is 3. The van der Waals surface area contributed by atoms with Crippen molar-refractivity contribution >= 4 is 17.5 Å². The second-order valence-corrected chi connectivity index (χ2v) is 6.85. The summed E-state index contributed by atoms with van der Waals surface area (Å²) in [7, 11) is 4.55. The third kappa shape index (κ3) is 4.62. The van der Waals surface area contributed by atoms with Gasteiger partial charge in [-0.25, -0.2) is 0 Å². The maximum Gasteiger partial charge on any atom is 0.257 e. The summed E-state index contributed by atoms with van der Waals surface area (Å²) in [4.78, 5) is 27.6. The van der Waals surface area contributed by atoms with Crippen molar-refractivity contribution in [2.45, 2.75) is 12.8 Å². The third-order valence-electron chi connectivity index (χ3n) is 5.06. The van der Waals surface area contributed by atoms with Gasteiger partial charge in [-0.2, -0.15) is 0 Å². The minimum atomic E-state index is -0.265. The van der Waals surface area contributed by atoms with E-state index in [1.165, 1.54) is 21.3 Å². The van der Waals surface area contributed by atoms with Crippen LogP contribution in [0.2, 0.25) is 0 Å². The predicted octanol–water partition coefficient (Wildman–Crippen LogP) is 3.20. The number of para-hydroxylation sites is 1. The molecule has 1 heterocycles. The molecule has 0 aliphatic carbocycles. The van der Waals surface area contributed by atoms with Crippen molar-refractivity contribution in [3.05, 3.63) is 48.0 Å². The normalized spacial score (nSPS) is 16.1. The van der Waals surface area contributed by atoms with Gasteiger partial charge in [-0.05, 0) is 25.0 Å². The van der Waals surface area contributed by atoms with Crippen molar-refractivity contribution in [1.82, 2.24) is 4.90 Å². The highest BCUT2D eigenvalue weighted by atomic mass is 16.5. The maximum atomic E-state index is 13.2. The molecule has 1 atom stereocenters. The van der Waals surface area contributed by atoms with Gasteiger partial charge in [0.05, 0.1) is 32.8 Å². The van der Waals surface area contributed by atoms with Crippen LogP contribution >= 0.6 is 0 Å². The molecule has 2 aromatic rings. The summed E-state index contributed by atoms with van der Waals surface area (Å²) >= 11 is 0. The lowest BCUT2D eigenvalue weighted by Crippen LogP contribution is -2.43. The van der Waals surface area contributed by atoms with E-state index in [1.54, 1.807) is 17.0 Å². The number of anilines is 1. The molecule has 7 heteroatoms. The van der Waals surface area contributed by atoms with Crippen molar-refractivity contribution in [3.8, 4) is 17.2 Å². The lowest BCUT2D eigenvalue weighted by atomic mass is 9.96. The second kappa shape index (κ2) is 9.32. The van der Waals surface area contributed by atoms with E-state index >= 15 is 0 Å². The molecule has 1 aliphatic rings. The lowest BCUT2D eigenvalue weighted by molar-refractivity contribution is -0.121. The molecule has 1 saturated heterocycles. The number of amides is 2. The van der Waals surface area contributed by atoms with Crippen molar-refractivity contribution in [3.63, 3.8) is 0 Å². The van der Waals surface area contributed by atoms with Gasteiger partial charge in [0.25, 0.3) is 5.91 Å². The molecule has 0 aromatic heterocycles. The number of nitrogens with zero attached hydrogens (tertiary/aromatic N) is 1. The molecule has 154 valence electrons. The van der Waals surface area contributed by atoms with E-state index in [4.69, 9.17) is 14.2 Å². The van der Waals surface area contributed by atoms with Gasteiger partial charge in [-0.3, -0.25) is 9.59 Å². The first-order valence-electron chi connectivity index (χ1n) is 9.52. The van der Waals surface area contributed by atoms with E-state index in [2.05, 4.69) is 5.32 Å².